The molecule has 5 aromatic carbocycles. The molecule has 240 valence electrons. The Hall–Kier alpha value is -4.14. The largest absolute Gasteiger partial charge is 0.489 e. The molecule has 0 spiro atoms. The predicted molar refractivity (Wildman–Crippen MR) is 206 cm³/mol. The summed E-state index contributed by atoms with van der Waals surface area (Å²) in [5.41, 5.74) is 16.3. The molecule has 0 heterocycles. The Morgan fingerprint density at radius 3 is 1.57 bits per heavy atom. The number of ether oxygens (including phenoxy) is 1. The first-order chi connectivity index (χ1) is 22.5. The van der Waals surface area contributed by atoms with Gasteiger partial charge in [0.05, 0.1) is 8.07 Å². The Morgan fingerprint density at radius 1 is 0.681 bits per heavy atom. The van der Waals surface area contributed by atoms with Crippen LogP contribution in [-0.4, -0.2) is 14.7 Å². The summed E-state index contributed by atoms with van der Waals surface area (Å²) >= 11 is 0. The topological polar surface area (TPSA) is 9.23 Å². The van der Waals surface area contributed by atoms with Crippen molar-refractivity contribution in [3.63, 3.8) is 0 Å². The van der Waals surface area contributed by atoms with Gasteiger partial charge in [0.15, 0.2) is 0 Å². The summed E-state index contributed by atoms with van der Waals surface area (Å²) in [7, 11) is -2.32. The van der Waals surface area contributed by atoms with E-state index in [0.29, 0.717) is 6.61 Å². The van der Waals surface area contributed by atoms with Crippen LogP contribution >= 0.6 is 0 Å². The van der Waals surface area contributed by atoms with Gasteiger partial charge in [0.25, 0.3) is 0 Å². The van der Waals surface area contributed by atoms with E-state index in [4.69, 9.17) is 4.74 Å². The van der Waals surface area contributed by atoms with Crippen molar-refractivity contribution in [3.05, 3.63) is 143 Å². The van der Waals surface area contributed by atoms with Crippen LogP contribution in [0.4, 0.5) is 0 Å². The lowest BCUT2D eigenvalue weighted by molar-refractivity contribution is 0.353. The molecule has 1 aliphatic rings. The monoisotopic (exact) mass is 634 g/mol. The zero-order valence-electron chi connectivity index (χ0n) is 29.6. The van der Waals surface area contributed by atoms with Gasteiger partial charge in [0.1, 0.15) is 12.4 Å². The Kier molecular flexibility index (Phi) is 8.93. The van der Waals surface area contributed by atoms with Gasteiger partial charge in [-0.15, -0.1) is 0 Å². The molecule has 0 unspecified atom stereocenters. The molecule has 0 aromatic heterocycles. The number of aryl methyl sites for hydroxylation is 3. The summed E-state index contributed by atoms with van der Waals surface area (Å²) in [6.45, 7) is 23.2. The maximum atomic E-state index is 6.67. The van der Waals surface area contributed by atoms with Crippen molar-refractivity contribution in [2.24, 2.45) is 0 Å². The van der Waals surface area contributed by atoms with E-state index in [0.717, 1.165) is 18.6 Å². The van der Waals surface area contributed by atoms with E-state index < -0.39 is 8.07 Å². The average Bonchev–Trinajstić information content (AvgIpc) is 3.40. The maximum Gasteiger partial charge on any atom is 0.122 e. The lowest BCUT2D eigenvalue weighted by atomic mass is 9.85. The molecule has 0 radical (unpaired) electrons. The fraction of sp³-hybridized carbons (Fsp3) is 0.289. The van der Waals surface area contributed by atoms with Crippen LogP contribution in [0.5, 0.6) is 5.75 Å². The lowest BCUT2D eigenvalue weighted by Crippen LogP contribution is -2.49. The van der Waals surface area contributed by atoms with E-state index in [1.165, 1.54) is 71.9 Å². The Labute approximate surface area is 284 Å². The molecule has 2 heteroatoms. The molecular weight excluding hydrogens is 585 g/mol. The molecule has 6 rings (SSSR count). The van der Waals surface area contributed by atoms with E-state index in [-0.39, 0.29) is 11.0 Å². The number of hydrogen-bond donors (Lipinski definition) is 0. The van der Waals surface area contributed by atoms with Crippen LogP contribution in [0, 0.1) is 6.92 Å². The minimum atomic E-state index is -2.32. The molecule has 0 amide bonds. The van der Waals surface area contributed by atoms with E-state index >= 15 is 0 Å². The van der Waals surface area contributed by atoms with Crippen LogP contribution in [0.1, 0.15) is 73.5 Å². The highest BCUT2D eigenvalue weighted by Crippen LogP contribution is 2.51. The van der Waals surface area contributed by atoms with Crippen molar-refractivity contribution in [2.45, 2.75) is 78.4 Å². The van der Waals surface area contributed by atoms with E-state index in [9.17, 15) is 0 Å². The third kappa shape index (κ3) is 6.16. The van der Waals surface area contributed by atoms with Crippen LogP contribution in [-0.2, 0) is 18.3 Å². The van der Waals surface area contributed by atoms with Gasteiger partial charge in [-0.1, -0.05) is 163 Å². The summed E-state index contributed by atoms with van der Waals surface area (Å²) < 4.78 is 6.67. The van der Waals surface area contributed by atoms with Crippen LogP contribution < -0.4 is 9.92 Å². The summed E-state index contributed by atoms with van der Waals surface area (Å²) in [6, 6.07) is 37.4. The van der Waals surface area contributed by atoms with E-state index in [2.05, 4.69) is 158 Å². The van der Waals surface area contributed by atoms with Crippen molar-refractivity contribution >= 4 is 13.3 Å². The van der Waals surface area contributed by atoms with Crippen molar-refractivity contribution in [3.8, 4) is 39.1 Å². The first-order valence-corrected chi connectivity index (χ1v) is 20.4. The summed E-state index contributed by atoms with van der Waals surface area (Å²) in [5.74, 6) is 1.06. The SMILES string of the molecule is C=CCOc1c(C(C)(C)C)cc(C)cc1[Si](C)(C)C1c2cc(-c3ccc(CC)cc3)ccc2-c2ccc(-c3ccc(CC)cc3)cc21. The molecule has 0 saturated carbocycles. The molecular formula is C45H50OSi. The highest BCUT2D eigenvalue weighted by Gasteiger charge is 2.44. The van der Waals surface area contributed by atoms with Gasteiger partial charge >= 0.3 is 0 Å². The highest BCUT2D eigenvalue weighted by molar-refractivity contribution is 6.92. The molecule has 0 N–H and O–H groups in total. The third-order valence-corrected chi connectivity index (χ3v) is 14.0. The fourth-order valence-corrected chi connectivity index (χ4v) is 11.3. The zero-order chi connectivity index (χ0) is 33.5. The standard InChI is InChI=1S/C45H50OSi/c1-10-25-46-43-41(45(5,6)7)26-30(4)27-42(43)47(8,9)44-39-28-35(33-17-13-31(11-2)14-18-33)21-23-37(39)38-24-22-36(29-40(38)44)34-19-15-32(12-3)16-20-34/h10,13-24,26-29,44H,1,11-12,25H2,2-9H3. The Balaban J connectivity index is 1.59. The second kappa shape index (κ2) is 12.8. The first kappa shape index (κ1) is 32.8. The third-order valence-electron chi connectivity index (χ3n) is 10.2. The van der Waals surface area contributed by atoms with Gasteiger partial charge in [-0.05, 0) is 91.6 Å². The second-order valence-electron chi connectivity index (χ2n) is 14.9. The van der Waals surface area contributed by atoms with Gasteiger partial charge in [0.2, 0.25) is 0 Å². The summed E-state index contributed by atoms with van der Waals surface area (Å²) in [4.78, 5) is 0. The number of fused-ring (bicyclic) bond motifs is 3. The molecule has 1 aliphatic carbocycles. The van der Waals surface area contributed by atoms with Gasteiger partial charge in [0, 0.05) is 5.54 Å². The van der Waals surface area contributed by atoms with Crippen molar-refractivity contribution in [2.75, 3.05) is 6.61 Å². The molecule has 0 fully saturated rings. The van der Waals surface area contributed by atoms with Crippen molar-refractivity contribution in [1.82, 2.24) is 0 Å². The molecule has 0 atom stereocenters. The van der Waals surface area contributed by atoms with Crippen LogP contribution in [0.3, 0.4) is 0 Å². The number of hydrogen-bond acceptors (Lipinski definition) is 1. The zero-order valence-corrected chi connectivity index (χ0v) is 30.6. The highest BCUT2D eigenvalue weighted by atomic mass is 28.3. The molecule has 47 heavy (non-hydrogen) atoms. The normalized spacial score (nSPS) is 12.9. The quantitative estimate of drug-likeness (QED) is 0.116. The molecule has 1 nitrogen and oxygen atoms in total. The van der Waals surface area contributed by atoms with Crippen molar-refractivity contribution < 1.29 is 4.74 Å². The maximum absolute atomic E-state index is 6.67. The Morgan fingerprint density at radius 2 is 1.15 bits per heavy atom. The summed E-state index contributed by atoms with van der Waals surface area (Å²) in [6.07, 6.45) is 3.97. The predicted octanol–water partition coefficient (Wildman–Crippen LogP) is 11.6. The van der Waals surface area contributed by atoms with Crippen LogP contribution in [0.15, 0.2) is 110 Å². The van der Waals surface area contributed by atoms with Crippen LogP contribution in [0.25, 0.3) is 33.4 Å². The Bertz CT molecular complexity index is 1820. The van der Waals surface area contributed by atoms with Crippen LogP contribution in [0.2, 0.25) is 13.1 Å². The second-order valence-corrected chi connectivity index (χ2v) is 19.5. The van der Waals surface area contributed by atoms with Crippen molar-refractivity contribution in [1.29, 1.82) is 0 Å². The van der Waals surface area contributed by atoms with Gasteiger partial charge in [-0.25, -0.2) is 0 Å². The van der Waals surface area contributed by atoms with E-state index in [1.807, 2.05) is 6.08 Å². The van der Waals surface area contributed by atoms with Gasteiger partial charge in [-0.3, -0.25) is 0 Å². The first-order valence-electron chi connectivity index (χ1n) is 17.3. The smallest absolute Gasteiger partial charge is 0.122 e. The molecule has 0 aliphatic heterocycles. The average molecular weight is 635 g/mol. The summed E-state index contributed by atoms with van der Waals surface area (Å²) in [5, 5.41) is 1.39. The van der Waals surface area contributed by atoms with Gasteiger partial charge in [-0.2, -0.15) is 0 Å². The fourth-order valence-electron chi connectivity index (χ4n) is 7.53. The lowest BCUT2D eigenvalue weighted by Gasteiger charge is -2.36. The molecule has 5 aromatic rings. The molecule has 0 bridgehead atoms. The number of rotatable bonds is 9. The molecule has 0 saturated heterocycles. The number of benzene rings is 5. The van der Waals surface area contributed by atoms with Gasteiger partial charge < -0.3 is 4.74 Å². The van der Waals surface area contributed by atoms with E-state index in [1.54, 1.807) is 0 Å². The minimum absolute atomic E-state index is 0.0527. The minimum Gasteiger partial charge on any atom is -0.489 e.